The highest BCUT2D eigenvalue weighted by Gasteiger charge is 2.26. The summed E-state index contributed by atoms with van der Waals surface area (Å²) < 4.78 is 2.32. The first-order chi connectivity index (χ1) is 20.5. The summed E-state index contributed by atoms with van der Waals surface area (Å²) >= 11 is 13.9. The predicted octanol–water partition coefficient (Wildman–Crippen LogP) is 10.1. The standard InChI is InChI=1S/C35H26Cl2N2O2S/c1-23-7-18-30(19-8-23)42-34-26(22-38-41-35(40)25-9-12-27(36)13-10-25)11-20-32-31(34)21-33(24-5-3-2-4-6-24)39(32)29-16-14-28(37)15-17-29/h2-10,12-19,21-22H,11,20H2,1H3/b38-22-. The summed E-state index contributed by atoms with van der Waals surface area (Å²) in [6, 6.07) is 35.6. The lowest BCUT2D eigenvalue weighted by molar-refractivity contribution is 0.0519. The first-order valence-corrected chi connectivity index (χ1v) is 15.1. The average Bonchev–Trinajstić information content (AvgIpc) is 3.40. The van der Waals surface area contributed by atoms with Crippen LogP contribution in [0.5, 0.6) is 0 Å². The molecule has 0 fully saturated rings. The third kappa shape index (κ3) is 6.09. The lowest BCUT2D eigenvalue weighted by Gasteiger charge is -2.21. The zero-order valence-corrected chi connectivity index (χ0v) is 25.1. The molecule has 4 aromatic carbocycles. The molecule has 0 radical (unpaired) electrons. The summed E-state index contributed by atoms with van der Waals surface area (Å²) in [7, 11) is 0. The third-order valence-corrected chi connectivity index (χ3v) is 8.79. The lowest BCUT2D eigenvalue weighted by atomic mass is 9.97. The maximum atomic E-state index is 12.6. The van der Waals surface area contributed by atoms with Gasteiger partial charge in [0, 0.05) is 36.8 Å². The number of hydrogen-bond acceptors (Lipinski definition) is 4. The molecular formula is C35H26Cl2N2O2S. The first-order valence-electron chi connectivity index (χ1n) is 13.5. The monoisotopic (exact) mass is 608 g/mol. The third-order valence-electron chi connectivity index (χ3n) is 7.09. The summed E-state index contributed by atoms with van der Waals surface area (Å²) in [5.74, 6) is -0.534. The summed E-state index contributed by atoms with van der Waals surface area (Å²) in [6.45, 7) is 2.08. The zero-order valence-electron chi connectivity index (χ0n) is 22.8. The molecule has 0 bridgehead atoms. The van der Waals surface area contributed by atoms with Gasteiger partial charge in [0.25, 0.3) is 0 Å². The predicted molar refractivity (Wildman–Crippen MR) is 174 cm³/mol. The van der Waals surface area contributed by atoms with Crippen LogP contribution in [0, 0.1) is 6.92 Å². The summed E-state index contributed by atoms with van der Waals surface area (Å²) in [6.07, 6.45) is 3.19. The molecule has 1 aliphatic carbocycles. The number of aryl methyl sites for hydroxylation is 1. The smallest absolute Gasteiger partial charge is 0.313 e. The van der Waals surface area contributed by atoms with Gasteiger partial charge < -0.3 is 9.40 Å². The molecule has 4 nitrogen and oxygen atoms in total. The maximum Gasteiger partial charge on any atom is 0.365 e. The number of halogens is 2. The molecule has 208 valence electrons. The quantitative estimate of drug-likeness (QED) is 0.105. The highest BCUT2D eigenvalue weighted by Crippen LogP contribution is 2.45. The van der Waals surface area contributed by atoms with Gasteiger partial charge in [0.15, 0.2) is 0 Å². The number of carbonyl (C=O) groups is 1. The van der Waals surface area contributed by atoms with Gasteiger partial charge in [-0.3, -0.25) is 0 Å². The van der Waals surface area contributed by atoms with E-state index in [1.54, 1.807) is 42.2 Å². The molecule has 0 spiro atoms. The Morgan fingerprint density at radius 3 is 2.21 bits per heavy atom. The molecule has 0 amide bonds. The van der Waals surface area contributed by atoms with E-state index in [9.17, 15) is 4.79 Å². The van der Waals surface area contributed by atoms with Crippen molar-refractivity contribution in [2.75, 3.05) is 0 Å². The van der Waals surface area contributed by atoms with Crippen LogP contribution in [0.15, 0.2) is 125 Å². The molecular weight excluding hydrogens is 583 g/mol. The van der Waals surface area contributed by atoms with E-state index in [0.717, 1.165) is 50.7 Å². The largest absolute Gasteiger partial charge is 0.365 e. The van der Waals surface area contributed by atoms with Crippen LogP contribution in [0.25, 0.3) is 21.8 Å². The van der Waals surface area contributed by atoms with Crippen molar-refractivity contribution in [2.24, 2.45) is 5.16 Å². The van der Waals surface area contributed by atoms with Crippen molar-refractivity contribution < 1.29 is 9.63 Å². The van der Waals surface area contributed by atoms with Crippen LogP contribution in [0.2, 0.25) is 10.0 Å². The average molecular weight is 610 g/mol. The Hall–Kier alpha value is -4.03. The fourth-order valence-electron chi connectivity index (χ4n) is 4.98. The van der Waals surface area contributed by atoms with Gasteiger partial charge in [-0.25, -0.2) is 4.79 Å². The van der Waals surface area contributed by atoms with Crippen molar-refractivity contribution in [3.8, 4) is 16.9 Å². The summed E-state index contributed by atoms with van der Waals surface area (Å²) in [5, 5.41) is 5.38. The van der Waals surface area contributed by atoms with Crippen LogP contribution in [0.4, 0.5) is 0 Å². The molecule has 7 heteroatoms. The van der Waals surface area contributed by atoms with Crippen LogP contribution >= 0.6 is 35.0 Å². The minimum absolute atomic E-state index is 0.387. The van der Waals surface area contributed by atoms with Crippen LogP contribution < -0.4 is 0 Å². The SMILES string of the molecule is Cc1ccc(SC2=C(/C=N\OC(=O)c3ccc(Cl)cc3)CCc3c2cc(-c2ccccc2)n3-c2ccc(Cl)cc2)cc1. The highest BCUT2D eigenvalue weighted by molar-refractivity contribution is 8.08. The Morgan fingerprint density at radius 2 is 1.52 bits per heavy atom. The van der Waals surface area contributed by atoms with Gasteiger partial charge in [-0.05, 0) is 97.6 Å². The Bertz CT molecular complexity index is 1790. The minimum Gasteiger partial charge on any atom is -0.313 e. The normalized spacial score (nSPS) is 12.9. The number of allylic oxidation sites excluding steroid dienone is 1. The van der Waals surface area contributed by atoms with Crippen LogP contribution in [0.3, 0.4) is 0 Å². The van der Waals surface area contributed by atoms with Gasteiger partial charge in [0.05, 0.1) is 17.5 Å². The number of thioether (sulfide) groups is 1. The topological polar surface area (TPSA) is 43.6 Å². The summed E-state index contributed by atoms with van der Waals surface area (Å²) in [4.78, 5) is 20.0. The van der Waals surface area contributed by atoms with Crippen LogP contribution in [0.1, 0.15) is 33.6 Å². The van der Waals surface area contributed by atoms with Crippen molar-refractivity contribution in [3.63, 3.8) is 0 Å². The van der Waals surface area contributed by atoms with E-state index in [0.29, 0.717) is 15.6 Å². The number of aromatic nitrogens is 1. The molecule has 0 saturated carbocycles. The van der Waals surface area contributed by atoms with Crippen LogP contribution in [-0.4, -0.2) is 16.8 Å². The van der Waals surface area contributed by atoms with E-state index in [-0.39, 0.29) is 0 Å². The number of hydrogen-bond donors (Lipinski definition) is 0. The Morgan fingerprint density at radius 1 is 0.857 bits per heavy atom. The van der Waals surface area contributed by atoms with Gasteiger partial charge in [0.1, 0.15) is 0 Å². The fraction of sp³-hybridized carbons (Fsp3) is 0.0857. The van der Waals surface area contributed by atoms with E-state index >= 15 is 0 Å². The second-order valence-corrected chi connectivity index (χ2v) is 11.9. The van der Waals surface area contributed by atoms with Gasteiger partial charge in [-0.2, -0.15) is 0 Å². The molecule has 6 rings (SSSR count). The number of rotatable bonds is 7. The number of fused-ring (bicyclic) bond motifs is 1. The molecule has 0 unspecified atom stereocenters. The zero-order chi connectivity index (χ0) is 29.1. The number of benzene rings is 4. The second-order valence-electron chi connectivity index (χ2n) is 9.96. The molecule has 1 aromatic heterocycles. The lowest BCUT2D eigenvalue weighted by Crippen LogP contribution is -2.09. The van der Waals surface area contributed by atoms with E-state index < -0.39 is 5.97 Å². The maximum absolute atomic E-state index is 12.6. The van der Waals surface area contributed by atoms with Crippen LogP contribution in [-0.2, 0) is 11.3 Å². The van der Waals surface area contributed by atoms with E-state index in [1.807, 2.05) is 18.2 Å². The first kappa shape index (κ1) is 28.1. The summed E-state index contributed by atoms with van der Waals surface area (Å²) in [5.41, 5.74) is 8.20. The fourth-order valence-corrected chi connectivity index (χ4v) is 6.32. The molecule has 0 N–H and O–H groups in total. The van der Waals surface area contributed by atoms with Gasteiger partial charge in [-0.15, -0.1) is 0 Å². The van der Waals surface area contributed by atoms with Gasteiger partial charge in [-0.1, -0.05) is 88.1 Å². The molecule has 0 aliphatic heterocycles. The van der Waals surface area contributed by atoms with Crippen molar-refractivity contribution >= 4 is 52.1 Å². The molecule has 0 atom stereocenters. The highest BCUT2D eigenvalue weighted by atomic mass is 35.5. The van der Waals surface area contributed by atoms with Crippen molar-refractivity contribution in [3.05, 3.63) is 147 Å². The number of carbonyl (C=O) groups excluding carboxylic acids is 1. The van der Waals surface area contributed by atoms with E-state index in [2.05, 4.69) is 83.4 Å². The number of nitrogens with zero attached hydrogens (tertiary/aromatic N) is 2. The van der Waals surface area contributed by atoms with Crippen molar-refractivity contribution in [2.45, 2.75) is 24.7 Å². The van der Waals surface area contributed by atoms with Gasteiger partial charge >= 0.3 is 5.97 Å². The molecule has 0 saturated heterocycles. The second kappa shape index (κ2) is 12.5. The molecule has 1 aliphatic rings. The Kier molecular flexibility index (Phi) is 8.34. The van der Waals surface area contributed by atoms with Crippen molar-refractivity contribution in [1.82, 2.24) is 4.57 Å². The van der Waals surface area contributed by atoms with E-state index in [1.165, 1.54) is 11.3 Å². The number of oxime groups is 1. The van der Waals surface area contributed by atoms with E-state index in [4.69, 9.17) is 28.0 Å². The molecule has 5 aromatic rings. The molecule has 1 heterocycles. The Balaban J connectivity index is 1.44. The van der Waals surface area contributed by atoms with Gasteiger partial charge in [0.2, 0.25) is 0 Å². The van der Waals surface area contributed by atoms with Crippen molar-refractivity contribution in [1.29, 1.82) is 0 Å². The molecule has 42 heavy (non-hydrogen) atoms. The minimum atomic E-state index is -0.534. The Labute approximate surface area is 259 Å².